The van der Waals surface area contributed by atoms with Crippen LogP contribution in [0.25, 0.3) is 0 Å². The van der Waals surface area contributed by atoms with Gasteiger partial charge in [0.15, 0.2) is 0 Å². The molecule has 0 fully saturated rings. The maximum Gasteiger partial charge on any atom is 0.0963 e. The van der Waals surface area contributed by atoms with Crippen molar-refractivity contribution in [3.63, 3.8) is 0 Å². The van der Waals surface area contributed by atoms with Crippen LogP contribution in [0.1, 0.15) is 41.5 Å². The molecule has 0 N–H and O–H groups in total. The van der Waals surface area contributed by atoms with E-state index in [1.807, 2.05) is 0 Å². The standard InChI is InChI=1S/C11H28B4/c1-9(2,7(12)13)11(5,6)10(3,4)8(14)15/h7-8H,12-15H2,1-6H3. The lowest BCUT2D eigenvalue weighted by Crippen LogP contribution is -2.49. The summed E-state index contributed by atoms with van der Waals surface area (Å²) in [4.78, 5) is 0. The summed E-state index contributed by atoms with van der Waals surface area (Å²) in [5.41, 5.74) is 2.49. The average molecular weight is 204 g/mol. The van der Waals surface area contributed by atoms with E-state index in [4.69, 9.17) is 0 Å². The highest BCUT2D eigenvalue weighted by atomic mass is 14.5. The van der Waals surface area contributed by atoms with E-state index in [1.54, 1.807) is 0 Å². The molecule has 0 heterocycles. The molecule has 0 saturated heterocycles. The summed E-state index contributed by atoms with van der Waals surface area (Å²) in [5.74, 6) is 0. The van der Waals surface area contributed by atoms with Crippen LogP contribution in [0.3, 0.4) is 0 Å². The predicted octanol–water partition coefficient (Wildman–Crippen LogP) is 0.0894. The van der Waals surface area contributed by atoms with Crippen LogP contribution in [0.4, 0.5) is 0 Å². The van der Waals surface area contributed by atoms with Crippen molar-refractivity contribution in [2.24, 2.45) is 16.2 Å². The van der Waals surface area contributed by atoms with Gasteiger partial charge in [-0.3, -0.25) is 0 Å². The Hall–Kier alpha value is 0.260. The molecule has 0 aliphatic carbocycles. The largest absolute Gasteiger partial charge is 0.0963 e. The van der Waals surface area contributed by atoms with Crippen LogP contribution in [-0.2, 0) is 0 Å². The van der Waals surface area contributed by atoms with E-state index in [-0.39, 0.29) is 0 Å². The van der Waals surface area contributed by atoms with E-state index in [0.717, 1.165) is 0 Å². The number of hydrogen-bond acceptors (Lipinski definition) is 0. The van der Waals surface area contributed by atoms with Gasteiger partial charge in [0.2, 0.25) is 0 Å². The molecular formula is C11H28B4. The molecule has 0 aliphatic rings. The Morgan fingerprint density at radius 3 is 0.933 bits per heavy atom. The Morgan fingerprint density at radius 1 is 0.600 bits per heavy atom. The van der Waals surface area contributed by atoms with Gasteiger partial charge < -0.3 is 0 Å². The zero-order valence-electron chi connectivity index (χ0n) is 12.7. The van der Waals surface area contributed by atoms with Crippen LogP contribution in [0.5, 0.6) is 0 Å². The normalized spacial score (nSPS) is 14.9. The first-order chi connectivity index (χ1) is 6.39. The molecule has 0 amide bonds. The molecule has 0 nitrogen and oxygen atoms in total. The van der Waals surface area contributed by atoms with Crippen molar-refractivity contribution in [1.29, 1.82) is 0 Å². The molecule has 0 aromatic carbocycles. The Labute approximate surface area is 101 Å². The monoisotopic (exact) mass is 204 g/mol. The lowest BCUT2D eigenvalue weighted by molar-refractivity contribution is -0.00507. The Bertz CT molecular complexity index is 195. The van der Waals surface area contributed by atoms with Gasteiger partial charge in [0.1, 0.15) is 0 Å². The van der Waals surface area contributed by atoms with Gasteiger partial charge in [-0.25, -0.2) is 0 Å². The van der Waals surface area contributed by atoms with E-state index >= 15 is 0 Å². The van der Waals surface area contributed by atoms with E-state index in [9.17, 15) is 0 Å². The lowest BCUT2D eigenvalue weighted by Gasteiger charge is -2.57. The topological polar surface area (TPSA) is 0 Å². The summed E-state index contributed by atoms with van der Waals surface area (Å²) < 4.78 is 0. The molecule has 0 spiro atoms. The first kappa shape index (κ1) is 15.3. The van der Waals surface area contributed by atoms with E-state index in [1.165, 1.54) is 0 Å². The molecule has 0 rings (SSSR count). The Balaban J connectivity index is 5.30. The van der Waals surface area contributed by atoms with E-state index < -0.39 is 0 Å². The van der Waals surface area contributed by atoms with Crippen molar-refractivity contribution >= 4 is 31.4 Å². The Kier molecular flexibility index (Phi) is 4.33. The van der Waals surface area contributed by atoms with Gasteiger partial charge >= 0.3 is 0 Å². The quantitative estimate of drug-likeness (QED) is 0.568. The molecule has 0 bridgehead atoms. The summed E-state index contributed by atoms with van der Waals surface area (Å²) in [6.45, 7) is 14.5. The Morgan fingerprint density at radius 2 is 0.800 bits per heavy atom. The maximum atomic E-state index is 2.44. The zero-order chi connectivity index (χ0) is 12.7. The highest BCUT2D eigenvalue weighted by Gasteiger charge is 2.49. The molecular weight excluding hydrogens is 175 g/mol. The summed E-state index contributed by atoms with van der Waals surface area (Å²) in [6.07, 6.45) is 0. The number of hydrogen-bond donors (Lipinski definition) is 0. The minimum absolute atomic E-state index is 0.336. The van der Waals surface area contributed by atoms with Crippen molar-refractivity contribution in [1.82, 2.24) is 0 Å². The van der Waals surface area contributed by atoms with Gasteiger partial charge in [-0.1, -0.05) is 53.0 Å². The SMILES string of the molecule is BC(B)C(C)(C)C(C)(C)C(C)(C)C(B)B. The molecule has 4 heteroatoms. The van der Waals surface area contributed by atoms with Crippen molar-refractivity contribution < 1.29 is 0 Å². The van der Waals surface area contributed by atoms with Crippen LogP contribution >= 0.6 is 0 Å². The third-order valence-corrected chi connectivity index (χ3v) is 6.11. The second-order valence-electron chi connectivity index (χ2n) is 7.38. The lowest BCUT2D eigenvalue weighted by atomic mass is 9.38. The fraction of sp³-hybridized carbons (Fsp3) is 1.00. The van der Waals surface area contributed by atoms with Gasteiger partial charge in [0, 0.05) is 0 Å². The van der Waals surface area contributed by atoms with E-state index in [2.05, 4.69) is 72.9 Å². The number of rotatable bonds is 4. The van der Waals surface area contributed by atoms with Crippen molar-refractivity contribution in [2.75, 3.05) is 0 Å². The van der Waals surface area contributed by atoms with Gasteiger partial charge in [-0.05, 0) is 16.2 Å². The second-order valence-corrected chi connectivity index (χ2v) is 7.38. The average Bonchev–Trinajstić information content (AvgIpc) is 2.02. The molecule has 0 aliphatic heterocycles. The molecule has 0 aromatic rings. The fourth-order valence-electron chi connectivity index (χ4n) is 2.27. The summed E-state index contributed by atoms with van der Waals surface area (Å²) >= 11 is 0. The maximum absolute atomic E-state index is 2.44. The first-order valence-corrected chi connectivity index (χ1v) is 6.39. The molecule has 0 radical (unpaired) electrons. The highest BCUT2D eigenvalue weighted by Crippen LogP contribution is 2.58. The molecule has 0 unspecified atom stereocenters. The summed E-state index contributed by atoms with van der Waals surface area (Å²) in [7, 11) is 9.38. The van der Waals surface area contributed by atoms with Crippen LogP contribution in [0.2, 0.25) is 11.4 Å². The molecule has 15 heavy (non-hydrogen) atoms. The summed E-state index contributed by atoms with van der Waals surface area (Å²) in [6, 6.07) is 0. The zero-order valence-corrected chi connectivity index (χ0v) is 12.7. The van der Waals surface area contributed by atoms with Crippen LogP contribution in [0.15, 0.2) is 0 Å². The first-order valence-electron chi connectivity index (χ1n) is 6.39. The van der Waals surface area contributed by atoms with Gasteiger partial charge in [-0.2, -0.15) is 0 Å². The smallest absolute Gasteiger partial charge is 0.0904 e. The molecule has 0 saturated carbocycles. The highest BCUT2D eigenvalue weighted by molar-refractivity contribution is 6.36. The van der Waals surface area contributed by atoms with Crippen molar-refractivity contribution in [2.45, 2.75) is 53.0 Å². The van der Waals surface area contributed by atoms with Gasteiger partial charge in [0.05, 0.1) is 31.4 Å². The second kappa shape index (κ2) is 4.26. The summed E-state index contributed by atoms with van der Waals surface area (Å²) in [5, 5.41) is 0. The van der Waals surface area contributed by atoms with E-state index in [0.29, 0.717) is 27.7 Å². The minimum atomic E-state index is 0.336. The van der Waals surface area contributed by atoms with Crippen molar-refractivity contribution in [3.05, 3.63) is 0 Å². The third kappa shape index (κ3) is 2.34. The predicted molar refractivity (Wildman–Crippen MR) is 83.0 cm³/mol. The minimum Gasteiger partial charge on any atom is -0.0904 e. The van der Waals surface area contributed by atoms with Gasteiger partial charge in [-0.15, -0.1) is 0 Å². The van der Waals surface area contributed by atoms with Gasteiger partial charge in [0.25, 0.3) is 0 Å². The molecule has 0 atom stereocenters. The van der Waals surface area contributed by atoms with Crippen LogP contribution in [0, 0.1) is 16.2 Å². The van der Waals surface area contributed by atoms with Crippen LogP contribution < -0.4 is 0 Å². The molecule has 0 aromatic heterocycles. The van der Waals surface area contributed by atoms with Crippen LogP contribution in [-0.4, -0.2) is 31.4 Å². The van der Waals surface area contributed by atoms with Crippen molar-refractivity contribution in [3.8, 4) is 0 Å². The third-order valence-electron chi connectivity index (χ3n) is 6.11. The fourth-order valence-corrected chi connectivity index (χ4v) is 2.27. The molecule has 84 valence electrons.